The molecule has 0 N–H and O–H groups in total. The van der Waals surface area contributed by atoms with E-state index in [9.17, 15) is 18.0 Å². The molecule has 31 heavy (non-hydrogen) atoms. The second-order valence-corrected chi connectivity index (χ2v) is 10.9. The van der Waals surface area contributed by atoms with Crippen molar-refractivity contribution in [3.8, 4) is 0 Å². The molecule has 1 aromatic carbocycles. The third kappa shape index (κ3) is 7.03. The number of nitrogens with zero attached hydrogens (tertiary/aromatic N) is 3. The van der Waals surface area contributed by atoms with Crippen LogP contribution in [-0.4, -0.2) is 73.0 Å². The van der Waals surface area contributed by atoms with Crippen molar-refractivity contribution in [1.29, 1.82) is 0 Å². The second-order valence-electron chi connectivity index (χ2n) is 6.90. The van der Waals surface area contributed by atoms with Crippen LogP contribution in [0.3, 0.4) is 0 Å². The minimum Gasteiger partial charge on any atom is -0.466 e. The first-order valence-electron chi connectivity index (χ1n) is 9.89. The minimum absolute atomic E-state index is 0.0319. The molecule has 3 rings (SSSR count). The molecule has 0 unspecified atom stereocenters. The number of benzene rings is 1. The summed E-state index contributed by atoms with van der Waals surface area (Å²) in [4.78, 5) is 30.1. The molecule has 1 aliphatic rings. The summed E-state index contributed by atoms with van der Waals surface area (Å²) in [7, 11) is -3.41. The fraction of sp³-hybridized carbons (Fsp3) is 0.450. The number of amides is 1. The van der Waals surface area contributed by atoms with Gasteiger partial charge in [-0.3, -0.25) is 9.59 Å². The van der Waals surface area contributed by atoms with Crippen molar-refractivity contribution in [3.05, 3.63) is 47.0 Å². The van der Waals surface area contributed by atoms with E-state index in [1.807, 2.05) is 18.2 Å². The Morgan fingerprint density at radius 3 is 2.55 bits per heavy atom. The van der Waals surface area contributed by atoms with Gasteiger partial charge in [0.2, 0.25) is 15.9 Å². The highest BCUT2D eigenvalue weighted by Crippen LogP contribution is 2.24. The molecule has 2 aromatic rings. The van der Waals surface area contributed by atoms with Crippen LogP contribution in [0.4, 0.5) is 0 Å². The van der Waals surface area contributed by atoms with Crippen LogP contribution in [-0.2, 0) is 36.5 Å². The first kappa shape index (κ1) is 23.7. The number of rotatable bonds is 9. The summed E-state index contributed by atoms with van der Waals surface area (Å²) in [6.45, 7) is 3.43. The van der Waals surface area contributed by atoms with Crippen LogP contribution < -0.4 is 0 Å². The Labute approximate surface area is 190 Å². The monoisotopic (exact) mass is 483 g/mol. The van der Waals surface area contributed by atoms with E-state index in [2.05, 4.69) is 4.98 Å². The Kier molecular flexibility index (Phi) is 8.47. The maximum Gasteiger partial charge on any atom is 0.311 e. The molecule has 1 saturated heterocycles. The molecule has 1 aromatic heterocycles. The Bertz CT molecular complexity index is 986. The Hall–Kier alpha value is -1.95. The van der Waals surface area contributed by atoms with E-state index >= 15 is 0 Å². The van der Waals surface area contributed by atoms with Crippen LogP contribution in [0.1, 0.15) is 18.2 Å². The fourth-order valence-corrected chi connectivity index (χ4v) is 6.37. The molecule has 0 bridgehead atoms. The average molecular weight is 484 g/mol. The first-order chi connectivity index (χ1) is 14.9. The number of thiazole rings is 1. The van der Waals surface area contributed by atoms with E-state index in [1.54, 1.807) is 29.3 Å². The number of carbonyl (C=O) groups is 2. The topological polar surface area (TPSA) is 96.9 Å². The SMILES string of the molecule is CCOC(=O)Cc1csc(SCC(=O)N2CCN(S(=O)(=O)Cc3ccccc3)CC2)n1. The molecule has 168 valence electrons. The molecule has 1 aliphatic heterocycles. The normalized spacial score (nSPS) is 15.1. The van der Waals surface area contributed by atoms with Crippen molar-refractivity contribution in [2.24, 2.45) is 0 Å². The molecule has 0 atom stereocenters. The van der Waals surface area contributed by atoms with Crippen LogP contribution in [0, 0.1) is 0 Å². The van der Waals surface area contributed by atoms with Gasteiger partial charge in [-0.2, -0.15) is 4.31 Å². The first-order valence-corrected chi connectivity index (χ1v) is 13.4. The number of hydrogen-bond donors (Lipinski definition) is 0. The molecule has 0 saturated carbocycles. The zero-order valence-electron chi connectivity index (χ0n) is 17.2. The largest absolute Gasteiger partial charge is 0.466 e. The number of thioether (sulfide) groups is 1. The average Bonchev–Trinajstić information content (AvgIpc) is 3.20. The van der Waals surface area contributed by atoms with Crippen molar-refractivity contribution in [2.75, 3.05) is 38.5 Å². The van der Waals surface area contributed by atoms with Crippen LogP contribution >= 0.6 is 23.1 Å². The van der Waals surface area contributed by atoms with Gasteiger partial charge in [-0.1, -0.05) is 42.1 Å². The predicted octanol–water partition coefficient (Wildman–Crippen LogP) is 2.01. The fourth-order valence-electron chi connectivity index (χ4n) is 3.10. The van der Waals surface area contributed by atoms with E-state index in [0.717, 1.165) is 9.90 Å². The van der Waals surface area contributed by atoms with Crippen molar-refractivity contribution in [3.63, 3.8) is 0 Å². The highest BCUT2D eigenvalue weighted by Gasteiger charge is 2.29. The lowest BCUT2D eigenvalue weighted by Crippen LogP contribution is -2.51. The second kappa shape index (κ2) is 11.1. The highest BCUT2D eigenvalue weighted by atomic mass is 32.2. The van der Waals surface area contributed by atoms with Crippen molar-refractivity contribution in [1.82, 2.24) is 14.2 Å². The van der Waals surface area contributed by atoms with Gasteiger partial charge in [0.25, 0.3) is 0 Å². The van der Waals surface area contributed by atoms with Crippen LogP contribution in [0.15, 0.2) is 40.1 Å². The van der Waals surface area contributed by atoms with Gasteiger partial charge in [-0.15, -0.1) is 11.3 Å². The molecule has 0 spiro atoms. The lowest BCUT2D eigenvalue weighted by Gasteiger charge is -2.34. The van der Waals surface area contributed by atoms with Crippen LogP contribution in [0.2, 0.25) is 0 Å². The zero-order chi connectivity index (χ0) is 22.3. The highest BCUT2D eigenvalue weighted by molar-refractivity contribution is 8.01. The number of hydrogen-bond acceptors (Lipinski definition) is 8. The van der Waals surface area contributed by atoms with Crippen molar-refractivity contribution in [2.45, 2.75) is 23.4 Å². The summed E-state index contributed by atoms with van der Waals surface area (Å²) in [5, 5.41) is 1.79. The third-order valence-electron chi connectivity index (χ3n) is 4.66. The molecule has 2 heterocycles. The minimum atomic E-state index is -3.41. The predicted molar refractivity (Wildman–Crippen MR) is 120 cm³/mol. The molecule has 0 aliphatic carbocycles. The summed E-state index contributed by atoms with van der Waals surface area (Å²) in [5.41, 5.74) is 1.39. The van der Waals surface area contributed by atoms with Crippen molar-refractivity contribution < 1.29 is 22.7 Å². The van der Waals surface area contributed by atoms with Gasteiger partial charge in [0, 0.05) is 31.6 Å². The molecule has 1 fully saturated rings. The van der Waals surface area contributed by atoms with Gasteiger partial charge < -0.3 is 9.64 Å². The van der Waals surface area contributed by atoms with E-state index < -0.39 is 10.0 Å². The van der Waals surface area contributed by atoms with Gasteiger partial charge in [0.1, 0.15) is 0 Å². The lowest BCUT2D eigenvalue weighted by atomic mass is 10.2. The maximum atomic E-state index is 12.6. The summed E-state index contributed by atoms with van der Waals surface area (Å²) in [5.74, 6) is -0.174. The van der Waals surface area contributed by atoms with Gasteiger partial charge in [-0.25, -0.2) is 13.4 Å². The molecule has 0 radical (unpaired) electrons. The molecule has 11 heteroatoms. The number of esters is 1. The number of ether oxygens (including phenoxy) is 1. The Morgan fingerprint density at radius 2 is 1.87 bits per heavy atom. The standard InChI is InChI=1S/C20H25N3O5S3/c1-2-28-19(25)12-17-13-29-20(21-17)30-14-18(24)22-8-10-23(11-9-22)31(26,27)15-16-6-4-3-5-7-16/h3-7,13H,2,8-12,14-15H2,1H3. The van der Waals surface area contributed by atoms with E-state index in [-0.39, 0.29) is 29.8 Å². The smallest absolute Gasteiger partial charge is 0.311 e. The lowest BCUT2D eigenvalue weighted by molar-refractivity contribution is -0.142. The van der Waals surface area contributed by atoms with Crippen molar-refractivity contribution >= 4 is 45.0 Å². The quantitative estimate of drug-likeness (QED) is 0.398. The zero-order valence-corrected chi connectivity index (χ0v) is 19.7. The van der Waals surface area contributed by atoms with Crippen LogP contribution in [0.5, 0.6) is 0 Å². The van der Waals surface area contributed by atoms with E-state index in [4.69, 9.17) is 4.74 Å². The molecule has 1 amide bonds. The van der Waals surface area contributed by atoms with Gasteiger partial charge in [0.05, 0.1) is 30.2 Å². The summed E-state index contributed by atoms with van der Waals surface area (Å²) in [6, 6.07) is 9.09. The Balaban J connectivity index is 1.44. The molecular formula is C20H25N3O5S3. The van der Waals surface area contributed by atoms with Crippen LogP contribution in [0.25, 0.3) is 0 Å². The number of carbonyl (C=O) groups excluding carboxylic acids is 2. The molecule has 8 nitrogen and oxygen atoms in total. The number of sulfonamides is 1. The molecular weight excluding hydrogens is 458 g/mol. The van der Waals surface area contributed by atoms with E-state index in [0.29, 0.717) is 38.5 Å². The maximum absolute atomic E-state index is 12.6. The number of piperazine rings is 1. The summed E-state index contributed by atoms with van der Waals surface area (Å²) >= 11 is 2.71. The van der Waals surface area contributed by atoms with Gasteiger partial charge >= 0.3 is 5.97 Å². The summed E-state index contributed by atoms with van der Waals surface area (Å²) in [6.07, 6.45) is 0.123. The van der Waals surface area contributed by atoms with E-state index in [1.165, 1.54) is 27.4 Å². The third-order valence-corrected chi connectivity index (χ3v) is 8.56. The Morgan fingerprint density at radius 1 is 1.16 bits per heavy atom. The number of aromatic nitrogens is 1. The van der Waals surface area contributed by atoms with Gasteiger partial charge in [-0.05, 0) is 12.5 Å². The van der Waals surface area contributed by atoms with Gasteiger partial charge in [0.15, 0.2) is 4.34 Å². The summed E-state index contributed by atoms with van der Waals surface area (Å²) < 4.78 is 32.4.